The number of anilines is 1. The zero-order valence-electron chi connectivity index (χ0n) is 14.4. The minimum Gasteiger partial charge on any atom is -0.487 e. The Labute approximate surface area is 151 Å². The topological polar surface area (TPSA) is 63.2 Å². The van der Waals surface area contributed by atoms with E-state index < -0.39 is 0 Å². The number of hydrogen-bond donors (Lipinski definition) is 2. The van der Waals surface area contributed by atoms with Gasteiger partial charge in [-0.3, -0.25) is 4.79 Å². The quantitative estimate of drug-likeness (QED) is 0.866. The summed E-state index contributed by atoms with van der Waals surface area (Å²) in [6, 6.07) is 8.04. The highest BCUT2D eigenvalue weighted by Gasteiger charge is 2.42. The van der Waals surface area contributed by atoms with Gasteiger partial charge in [0.25, 0.3) is 5.91 Å². The summed E-state index contributed by atoms with van der Waals surface area (Å²) >= 11 is 1.44. The van der Waals surface area contributed by atoms with E-state index in [1.54, 1.807) is 5.38 Å². The van der Waals surface area contributed by atoms with Crippen molar-refractivity contribution in [3.8, 4) is 5.75 Å². The lowest BCUT2D eigenvalue weighted by Crippen LogP contribution is -2.46. The summed E-state index contributed by atoms with van der Waals surface area (Å²) in [5.41, 5.74) is 1.40. The van der Waals surface area contributed by atoms with Gasteiger partial charge >= 0.3 is 0 Å². The Morgan fingerprint density at radius 1 is 1.28 bits per heavy atom. The lowest BCUT2D eigenvalue weighted by Gasteiger charge is -2.44. The van der Waals surface area contributed by atoms with Crippen LogP contribution in [0.4, 0.5) is 5.13 Å². The first-order valence-corrected chi connectivity index (χ1v) is 9.79. The molecule has 1 aliphatic carbocycles. The van der Waals surface area contributed by atoms with Crippen molar-refractivity contribution in [1.82, 2.24) is 10.3 Å². The number of aromatic nitrogens is 1. The maximum absolute atomic E-state index is 12.7. The first-order chi connectivity index (χ1) is 12.2. The van der Waals surface area contributed by atoms with Gasteiger partial charge in [0.1, 0.15) is 17.0 Å². The van der Waals surface area contributed by atoms with Crippen LogP contribution in [0.25, 0.3) is 0 Å². The average molecular weight is 357 g/mol. The van der Waals surface area contributed by atoms with Crippen molar-refractivity contribution in [2.24, 2.45) is 0 Å². The van der Waals surface area contributed by atoms with Gasteiger partial charge in [0.2, 0.25) is 0 Å². The number of hydrogen-bond acceptors (Lipinski definition) is 5. The molecule has 2 heterocycles. The largest absolute Gasteiger partial charge is 0.487 e. The van der Waals surface area contributed by atoms with Crippen LogP contribution in [-0.4, -0.2) is 23.5 Å². The van der Waals surface area contributed by atoms with Crippen molar-refractivity contribution in [3.63, 3.8) is 0 Å². The van der Waals surface area contributed by atoms with Gasteiger partial charge in [-0.2, -0.15) is 0 Å². The molecule has 2 N–H and O–H groups in total. The standard InChI is InChI=1S/C19H23N3O2S/c1-20-18-22-15(12-25-18)17(23)21-14-11-19(9-5-2-6-10-19)24-16-8-4-3-7-13(14)16/h3-4,7-8,12,14H,2,5-6,9-11H2,1H3,(H,20,22)(H,21,23)/t14-/m1/s1. The smallest absolute Gasteiger partial charge is 0.271 e. The van der Waals surface area contributed by atoms with Crippen LogP contribution in [-0.2, 0) is 0 Å². The summed E-state index contributed by atoms with van der Waals surface area (Å²) in [7, 11) is 1.81. The summed E-state index contributed by atoms with van der Waals surface area (Å²) in [6.45, 7) is 0. The van der Waals surface area contributed by atoms with Crippen LogP contribution in [0.1, 0.15) is 60.6 Å². The summed E-state index contributed by atoms with van der Waals surface area (Å²) < 4.78 is 6.42. The fourth-order valence-corrected chi connectivity index (χ4v) is 4.63. The summed E-state index contributed by atoms with van der Waals surface area (Å²) in [5, 5.41) is 8.72. The van der Waals surface area contributed by atoms with Crippen LogP contribution in [0.2, 0.25) is 0 Å². The molecule has 1 fully saturated rings. The number of ether oxygens (including phenoxy) is 1. The second kappa shape index (κ2) is 6.67. The van der Waals surface area contributed by atoms with Crippen molar-refractivity contribution in [2.75, 3.05) is 12.4 Å². The van der Waals surface area contributed by atoms with Crippen LogP contribution < -0.4 is 15.4 Å². The molecule has 1 aromatic carbocycles. The Bertz CT molecular complexity index is 768. The molecule has 1 amide bonds. The van der Waals surface area contributed by atoms with Gasteiger partial charge in [0, 0.05) is 24.4 Å². The number of fused-ring (bicyclic) bond motifs is 1. The molecule has 0 bridgehead atoms. The molecule has 1 atom stereocenters. The van der Waals surface area contributed by atoms with Crippen molar-refractivity contribution < 1.29 is 9.53 Å². The second-order valence-corrected chi connectivity index (χ2v) is 7.76. The summed E-state index contributed by atoms with van der Waals surface area (Å²) in [5.74, 6) is 0.792. The molecule has 6 heteroatoms. The summed E-state index contributed by atoms with van der Waals surface area (Å²) in [4.78, 5) is 17.0. The maximum atomic E-state index is 12.7. The minimum absolute atomic E-state index is 0.0321. The minimum atomic E-state index is -0.136. The predicted molar refractivity (Wildman–Crippen MR) is 99.4 cm³/mol. The molecule has 2 aliphatic rings. The number of thiazole rings is 1. The summed E-state index contributed by atoms with van der Waals surface area (Å²) in [6.07, 6.45) is 6.62. The Kier molecular flexibility index (Phi) is 4.37. The van der Waals surface area contributed by atoms with E-state index >= 15 is 0 Å². The third kappa shape index (κ3) is 3.23. The van der Waals surface area contributed by atoms with Crippen LogP contribution >= 0.6 is 11.3 Å². The number of benzene rings is 1. The number of rotatable bonds is 3. The van der Waals surface area contributed by atoms with Gasteiger partial charge in [-0.05, 0) is 31.7 Å². The van der Waals surface area contributed by atoms with E-state index in [0.717, 1.165) is 35.7 Å². The highest BCUT2D eigenvalue weighted by atomic mass is 32.1. The molecule has 25 heavy (non-hydrogen) atoms. The van der Waals surface area contributed by atoms with Gasteiger partial charge < -0.3 is 15.4 Å². The molecule has 1 saturated carbocycles. The Balaban J connectivity index is 1.59. The number of nitrogens with one attached hydrogen (secondary N) is 2. The molecule has 1 aromatic heterocycles. The van der Waals surface area contributed by atoms with Crippen molar-refractivity contribution in [2.45, 2.75) is 50.2 Å². The van der Waals surface area contributed by atoms with Crippen LogP contribution in [0.15, 0.2) is 29.6 Å². The van der Waals surface area contributed by atoms with Gasteiger partial charge in [0.15, 0.2) is 5.13 Å². The van der Waals surface area contributed by atoms with E-state index in [4.69, 9.17) is 4.74 Å². The van der Waals surface area contributed by atoms with Crippen molar-refractivity contribution in [1.29, 1.82) is 0 Å². The highest BCUT2D eigenvalue weighted by molar-refractivity contribution is 7.13. The molecule has 1 aliphatic heterocycles. The molecule has 1 spiro atoms. The SMILES string of the molecule is CNc1nc(C(=O)N[C@@H]2CC3(CCCCC3)Oc3ccccc32)cs1. The fourth-order valence-electron chi connectivity index (χ4n) is 3.97. The molecule has 0 unspecified atom stereocenters. The molecular weight excluding hydrogens is 334 g/mol. The zero-order chi connectivity index (χ0) is 17.3. The Hall–Kier alpha value is -2.08. The number of carbonyl (C=O) groups is 1. The third-order valence-corrected chi connectivity index (χ3v) is 6.08. The van der Waals surface area contributed by atoms with Gasteiger partial charge in [-0.25, -0.2) is 4.98 Å². The van der Waals surface area contributed by atoms with E-state index in [1.165, 1.54) is 30.6 Å². The molecule has 0 radical (unpaired) electrons. The first kappa shape index (κ1) is 16.4. The van der Waals surface area contributed by atoms with E-state index in [-0.39, 0.29) is 17.6 Å². The predicted octanol–water partition coefficient (Wildman–Crippen LogP) is 4.14. The lowest BCUT2D eigenvalue weighted by molar-refractivity contribution is -0.00212. The van der Waals surface area contributed by atoms with E-state index in [9.17, 15) is 4.79 Å². The van der Waals surface area contributed by atoms with Crippen molar-refractivity contribution in [3.05, 3.63) is 40.9 Å². The molecule has 4 rings (SSSR count). The van der Waals surface area contributed by atoms with E-state index in [2.05, 4.69) is 21.7 Å². The molecule has 5 nitrogen and oxygen atoms in total. The lowest BCUT2D eigenvalue weighted by atomic mass is 9.77. The number of carbonyl (C=O) groups excluding carboxylic acids is 1. The van der Waals surface area contributed by atoms with Crippen LogP contribution in [0.3, 0.4) is 0 Å². The maximum Gasteiger partial charge on any atom is 0.271 e. The Morgan fingerprint density at radius 3 is 2.84 bits per heavy atom. The monoisotopic (exact) mass is 357 g/mol. The zero-order valence-corrected chi connectivity index (χ0v) is 15.2. The number of nitrogens with zero attached hydrogens (tertiary/aromatic N) is 1. The molecular formula is C19H23N3O2S. The van der Waals surface area contributed by atoms with Crippen LogP contribution in [0.5, 0.6) is 5.75 Å². The van der Waals surface area contributed by atoms with Gasteiger partial charge in [0.05, 0.1) is 6.04 Å². The van der Waals surface area contributed by atoms with Gasteiger partial charge in [-0.1, -0.05) is 24.6 Å². The second-order valence-electron chi connectivity index (χ2n) is 6.90. The van der Waals surface area contributed by atoms with E-state index in [0.29, 0.717) is 5.69 Å². The van der Waals surface area contributed by atoms with Gasteiger partial charge in [-0.15, -0.1) is 11.3 Å². The fraction of sp³-hybridized carbons (Fsp3) is 0.474. The number of amides is 1. The van der Waals surface area contributed by atoms with Crippen molar-refractivity contribution >= 4 is 22.4 Å². The Morgan fingerprint density at radius 2 is 2.08 bits per heavy atom. The normalized spacial score (nSPS) is 21.2. The van der Waals surface area contributed by atoms with E-state index in [1.807, 2.05) is 25.2 Å². The highest BCUT2D eigenvalue weighted by Crippen LogP contribution is 2.46. The van der Waals surface area contributed by atoms with Crippen LogP contribution in [0, 0.1) is 0 Å². The molecule has 0 saturated heterocycles. The molecule has 2 aromatic rings. The third-order valence-electron chi connectivity index (χ3n) is 5.22. The molecule has 132 valence electrons. The number of para-hydroxylation sites is 1. The average Bonchev–Trinajstić information content (AvgIpc) is 3.12. The first-order valence-electron chi connectivity index (χ1n) is 8.91.